The summed E-state index contributed by atoms with van der Waals surface area (Å²) in [6.45, 7) is 10.5. The minimum absolute atomic E-state index is 0.400. The Hall–Kier alpha value is -1.45. The van der Waals surface area contributed by atoms with Crippen molar-refractivity contribution in [3.05, 3.63) is 41.6 Å². The Morgan fingerprint density at radius 2 is 2.14 bits per heavy atom. The van der Waals surface area contributed by atoms with Crippen LogP contribution in [0.3, 0.4) is 0 Å². The summed E-state index contributed by atoms with van der Waals surface area (Å²) in [5, 5.41) is 1.28. The van der Waals surface area contributed by atoms with Gasteiger partial charge in [0, 0.05) is 37.3 Å². The number of ether oxygens (including phenoxy) is 1. The number of likely N-dealkylation sites (tertiary alicyclic amines) is 1. The highest BCUT2D eigenvalue weighted by Crippen LogP contribution is 2.22. The van der Waals surface area contributed by atoms with Gasteiger partial charge in [0.25, 0.3) is 0 Å². The molecule has 3 nitrogen and oxygen atoms in total. The van der Waals surface area contributed by atoms with E-state index in [1.807, 2.05) is 0 Å². The molecule has 1 aliphatic heterocycles. The van der Waals surface area contributed by atoms with E-state index in [1.165, 1.54) is 10.9 Å². The summed E-state index contributed by atoms with van der Waals surface area (Å²) in [4.78, 5) is 7.14. The highest BCUT2D eigenvalue weighted by atomic mass is 16.5. The molecule has 1 fully saturated rings. The number of benzene rings is 1. The first-order chi connectivity index (χ1) is 10.6. The van der Waals surface area contributed by atoms with Crippen LogP contribution in [0.2, 0.25) is 0 Å². The third kappa shape index (κ3) is 3.65. The predicted molar refractivity (Wildman–Crippen MR) is 91.0 cm³/mol. The monoisotopic (exact) mass is 298 g/mol. The van der Waals surface area contributed by atoms with Crippen LogP contribution >= 0.6 is 0 Å². The van der Waals surface area contributed by atoms with E-state index >= 15 is 0 Å². The number of pyridine rings is 1. The smallest absolute Gasteiger partial charge is 0.0714 e. The van der Waals surface area contributed by atoms with E-state index in [9.17, 15) is 0 Å². The van der Waals surface area contributed by atoms with Crippen LogP contribution in [0.4, 0.5) is 0 Å². The second kappa shape index (κ2) is 6.76. The van der Waals surface area contributed by atoms with Crippen molar-refractivity contribution in [1.29, 1.82) is 0 Å². The van der Waals surface area contributed by atoms with Crippen molar-refractivity contribution in [2.45, 2.75) is 39.8 Å². The molecule has 22 heavy (non-hydrogen) atoms. The van der Waals surface area contributed by atoms with Gasteiger partial charge in [-0.1, -0.05) is 32.0 Å². The molecule has 1 saturated heterocycles. The van der Waals surface area contributed by atoms with Gasteiger partial charge in [0.2, 0.25) is 0 Å². The molecule has 2 aromatic rings. The van der Waals surface area contributed by atoms with Crippen molar-refractivity contribution in [2.24, 2.45) is 5.92 Å². The number of rotatable bonds is 5. The van der Waals surface area contributed by atoms with Crippen molar-refractivity contribution in [2.75, 3.05) is 19.7 Å². The molecule has 3 rings (SSSR count). The summed E-state index contributed by atoms with van der Waals surface area (Å²) in [7, 11) is 0. The van der Waals surface area contributed by atoms with E-state index in [0.717, 1.165) is 43.9 Å². The van der Waals surface area contributed by atoms with Crippen LogP contribution < -0.4 is 0 Å². The number of nitrogens with zero attached hydrogens (tertiary/aromatic N) is 2. The van der Waals surface area contributed by atoms with Gasteiger partial charge >= 0.3 is 0 Å². The number of hydrogen-bond acceptors (Lipinski definition) is 3. The topological polar surface area (TPSA) is 25.4 Å². The van der Waals surface area contributed by atoms with Gasteiger partial charge in [0.05, 0.1) is 11.6 Å². The summed E-state index contributed by atoms with van der Waals surface area (Å²) in [6.07, 6.45) is 1.55. The van der Waals surface area contributed by atoms with Gasteiger partial charge in [-0.3, -0.25) is 9.88 Å². The Morgan fingerprint density at radius 1 is 1.32 bits per heavy atom. The van der Waals surface area contributed by atoms with Crippen molar-refractivity contribution in [3.63, 3.8) is 0 Å². The molecule has 1 unspecified atom stereocenters. The van der Waals surface area contributed by atoms with Gasteiger partial charge in [0.1, 0.15) is 0 Å². The lowest BCUT2D eigenvalue weighted by atomic mass is 10.1. The molecule has 1 aromatic carbocycles. The van der Waals surface area contributed by atoms with E-state index in [-0.39, 0.29) is 0 Å². The predicted octanol–water partition coefficient (Wildman–Crippen LogP) is 3.79. The van der Waals surface area contributed by atoms with E-state index in [1.54, 1.807) is 0 Å². The Labute approximate surface area is 133 Å². The van der Waals surface area contributed by atoms with Gasteiger partial charge in [-0.2, -0.15) is 0 Å². The van der Waals surface area contributed by atoms with E-state index in [2.05, 4.69) is 61.0 Å². The Bertz CT molecular complexity index is 638. The summed E-state index contributed by atoms with van der Waals surface area (Å²) < 4.78 is 5.99. The van der Waals surface area contributed by atoms with Gasteiger partial charge < -0.3 is 4.74 Å². The normalized spacial score (nSPS) is 19.4. The van der Waals surface area contributed by atoms with Crippen LogP contribution in [0.1, 0.15) is 31.5 Å². The van der Waals surface area contributed by atoms with Gasteiger partial charge in [-0.25, -0.2) is 0 Å². The minimum Gasteiger partial charge on any atom is -0.377 e. The third-order valence-corrected chi connectivity index (χ3v) is 4.22. The Balaban J connectivity index is 1.69. The van der Waals surface area contributed by atoms with Gasteiger partial charge in [-0.05, 0) is 37.0 Å². The van der Waals surface area contributed by atoms with Gasteiger partial charge in [-0.15, -0.1) is 0 Å². The maximum absolute atomic E-state index is 5.99. The number of aryl methyl sites for hydroxylation is 1. The molecule has 118 valence electrons. The average molecular weight is 298 g/mol. The summed E-state index contributed by atoms with van der Waals surface area (Å²) >= 11 is 0. The molecule has 1 aromatic heterocycles. The minimum atomic E-state index is 0.400. The highest BCUT2D eigenvalue weighted by molar-refractivity contribution is 5.82. The van der Waals surface area contributed by atoms with Crippen molar-refractivity contribution >= 4 is 10.9 Å². The second-order valence-corrected chi connectivity index (χ2v) is 6.81. The molecule has 0 amide bonds. The standard InChI is InChI=1S/C19H26N2O/c1-14(2)13-22-17-8-9-21(12-17)11-16-10-15(3)20-19-7-5-4-6-18(16)19/h4-7,10,14,17H,8-9,11-13H2,1-3H3. The fourth-order valence-corrected chi connectivity index (χ4v) is 3.17. The molecular weight excluding hydrogens is 272 g/mol. The summed E-state index contributed by atoms with van der Waals surface area (Å²) in [6, 6.07) is 10.7. The first-order valence-electron chi connectivity index (χ1n) is 8.31. The zero-order chi connectivity index (χ0) is 15.5. The van der Waals surface area contributed by atoms with Crippen LogP contribution in [0.15, 0.2) is 30.3 Å². The molecule has 0 radical (unpaired) electrons. The number of hydrogen-bond donors (Lipinski definition) is 0. The highest BCUT2D eigenvalue weighted by Gasteiger charge is 2.23. The SMILES string of the molecule is Cc1cc(CN2CCC(OCC(C)C)C2)c2ccccc2n1. The molecule has 1 aliphatic rings. The fourth-order valence-electron chi connectivity index (χ4n) is 3.17. The second-order valence-electron chi connectivity index (χ2n) is 6.81. The fraction of sp³-hybridized carbons (Fsp3) is 0.526. The lowest BCUT2D eigenvalue weighted by Gasteiger charge is -2.18. The molecule has 2 heterocycles. The Morgan fingerprint density at radius 3 is 2.95 bits per heavy atom. The molecule has 3 heteroatoms. The average Bonchev–Trinajstić information content (AvgIpc) is 2.92. The molecular formula is C19H26N2O. The quantitative estimate of drug-likeness (QED) is 0.840. The van der Waals surface area contributed by atoms with Crippen molar-refractivity contribution in [3.8, 4) is 0 Å². The molecule has 0 spiro atoms. The summed E-state index contributed by atoms with van der Waals surface area (Å²) in [5.74, 6) is 0.612. The van der Waals surface area contributed by atoms with E-state index < -0.39 is 0 Å². The third-order valence-electron chi connectivity index (χ3n) is 4.22. The molecule has 1 atom stereocenters. The maximum Gasteiger partial charge on any atom is 0.0714 e. The zero-order valence-corrected chi connectivity index (χ0v) is 13.9. The van der Waals surface area contributed by atoms with Crippen LogP contribution in [-0.2, 0) is 11.3 Å². The van der Waals surface area contributed by atoms with Crippen LogP contribution in [0.25, 0.3) is 10.9 Å². The van der Waals surface area contributed by atoms with E-state index in [4.69, 9.17) is 4.74 Å². The summed E-state index contributed by atoms with van der Waals surface area (Å²) in [5.41, 5.74) is 3.58. The van der Waals surface area contributed by atoms with Crippen LogP contribution in [0.5, 0.6) is 0 Å². The maximum atomic E-state index is 5.99. The lowest BCUT2D eigenvalue weighted by Crippen LogP contribution is -2.24. The first-order valence-corrected chi connectivity index (χ1v) is 8.31. The molecule has 0 bridgehead atoms. The number of para-hydroxylation sites is 1. The Kier molecular flexibility index (Phi) is 4.74. The van der Waals surface area contributed by atoms with Crippen LogP contribution in [-0.4, -0.2) is 35.7 Å². The van der Waals surface area contributed by atoms with E-state index in [0.29, 0.717) is 12.0 Å². The van der Waals surface area contributed by atoms with Crippen molar-refractivity contribution in [1.82, 2.24) is 9.88 Å². The van der Waals surface area contributed by atoms with Crippen LogP contribution in [0, 0.1) is 12.8 Å². The number of fused-ring (bicyclic) bond motifs is 1. The first kappa shape index (κ1) is 15.4. The lowest BCUT2D eigenvalue weighted by molar-refractivity contribution is 0.0413. The zero-order valence-electron chi connectivity index (χ0n) is 13.9. The molecule has 0 N–H and O–H groups in total. The molecule has 0 saturated carbocycles. The van der Waals surface area contributed by atoms with Crippen molar-refractivity contribution < 1.29 is 4.74 Å². The largest absolute Gasteiger partial charge is 0.377 e. The molecule has 0 aliphatic carbocycles. The van der Waals surface area contributed by atoms with Gasteiger partial charge in [0.15, 0.2) is 0 Å². The number of aromatic nitrogens is 1.